The van der Waals surface area contributed by atoms with E-state index >= 15 is 0 Å². The van der Waals surface area contributed by atoms with Crippen molar-refractivity contribution in [3.05, 3.63) is 11.9 Å². The number of carbonyl (C=O) groups is 1. The van der Waals surface area contributed by atoms with E-state index in [0.29, 0.717) is 18.0 Å². The first-order valence-electron chi connectivity index (χ1n) is 6.92. The molecule has 0 radical (unpaired) electrons. The molecule has 1 N–H and O–H groups in total. The van der Waals surface area contributed by atoms with Gasteiger partial charge in [-0.1, -0.05) is 25.6 Å². The normalized spacial score (nSPS) is 19.0. The van der Waals surface area contributed by atoms with E-state index in [1.807, 2.05) is 4.57 Å². The third-order valence-corrected chi connectivity index (χ3v) is 6.26. The molecule has 0 aliphatic carbocycles. The maximum absolute atomic E-state index is 11.6. The van der Waals surface area contributed by atoms with Gasteiger partial charge in [0.2, 0.25) is 0 Å². The molecule has 2 rings (SSSR count). The summed E-state index contributed by atoms with van der Waals surface area (Å²) in [5.74, 6) is -0.283. The minimum absolute atomic E-state index is 0.0421. The molecule has 1 saturated heterocycles. The van der Waals surface area contributed by atoms with Crippen molar-refractivity contribution in [1.82, 2.24) is 9.55 Å². The quantitative estimate of drug-likeness (QED) is 0.829. The summed E-state index contributed by atoms with van der Waals surface area (Å²) in [7, 11) is -2.91. The average Bonchev–Trinajstić information content (AvgIpc) is 2.80. The van der Waals surface area contributed by atoms with Gasteiger partial charge in [-0.15, -0.1) is 0 Å². The molecule has 1 aromatic heterocycles. The first kappa shape index (κ1) is 16.4. The summed E-state index contributed by atoms with van der Waals surface area (Å²) in [5, 5.41) is 9.50. The van der Waals surface area contributed by atoms with E-state index in [4.69, 9.17) is 5.11 Å². The molecule has 6 nitrogen and oxygen atoms in total. The minimum atomic E-state index is -2.91. The molecule has 0 spiro atoms. The van der Waals surface area contributed by atoms with Gasteiger partial charge in [-0.25, -0.2) is 13.4 Å². The Morgan fingerprint density at radius 3 is 2.62 bits per heavy atom. The van der Waals surface area contributed by atoms with Gasteiger partial charge in [0, 0.05) is 17.9 Å². The molecule has 1 aliphatic rings. The second kappa shape index (κ2) is 6.39. The third-order valence-electron chi connectivity index (χ3n) is 3.60. The van der Waals surface area contributed by atoms with Crippen molar-refractivity contribution in [3.8, 4) is 0 Å². The van der Waals surface area contributed by atoms with Gasteiger partial charge in [0.25, 0.3) is 0 Å². The van der Waals surface area contributed by atoms with Crippen LogP contribution in [0.15, 0.2) is 11.4 Å². The molecule has 0 aromatic carbocycles. The highest BCUT2D eigenvalue weighted by molar-refractivity contribution is 7.99. The molecule has 2 heterocycles. The predicted molar refractivity (Wildman–Crippen MR) is 81.6 cm³/mol. The SMILES string of the molecule is CC(C)c1cnc(SCC(=O)O)n1C1CCS(=O)(=O)CC1. The van der Waals surface area contributed by atoms with Gasteiger partial charge in [-0.3, -0.25) is 4.79 Å². The van der Waals surface area contributed by atoms with Crippen molar-refractivity contribution >= 4 is 27.6 Å². The highest BCUT2D eigenvalue weighted by atomic mass is 32.2. The zero-order valence-electron chi connectivity index (χ0n) is 12.2. The maximum atomic E-state index is 11.6. The van der Waals surface area contributed by atoms with Gasteiger partial charge in [0.1, 0.15) is 9.84 Å². The van der Waals surface area contributed by atoms with E-state index in [0.717, 1.165) is 5.69 Å². The van der Waals surface area contributed by atoms with E-state index in [9.17, 15) is 13.2 Å². The number of carboxylic acid groups (broad SMARTS) is 1. The van der Waals surface area contributed by atoms with Crippen LogP contribution < -0.4 is 0 Å². The summed E-state index contributed by atoms with van der Waals surface area (Å²) in [4.78, 5) is 15.1. The van der Waals surface area contributed by atoms with Gasteiger partial charge < -0.3 is 9.67 Å². The van der Waals surface area contributed by atoms with Crippen LogP contribution in [0.1, 0.15) is 44.3 Å². The number of hydrogen-bond acceptors (Lipinski definition) is 5. The average molecular weight is 332 g/mol. The molecule has 0 saturated carbocycles. The molecular formula is C13H20N2O4S2. The molecule has 118 valence electrons. The molecular weight excluding hydrogens is 312 g/mol. The fraction of sp³-hybridized carbons (Fsp3) is 0.692. The van der Waals surface area contributed by atoms with Crippen LogP contribution in [0.5, 0.6) is 0 Å². The second-order valence-corrected chi connectivity index (χ2v) is 8.80. The standard InChI is InChI=1S/C13H20N2O4S2/c1-9(2)11-7-14-13(20-8-12(16)17)15(11)10-3-5-21(18,19)6-4-10/h7,9-10H,3-6,8H2,1-2H3,(H,16,17). The van der Waals surface area contributed by atoms with Crippen LogP contribution in [0.2, 0.25) is 0 Å². The lowest BCUT2D eigenvalue weighted by Crippen LogP contribution is -2.27. The Morgan fingerprint density at radius 2 is 2.10 bits per heavy atom. The predicted octanol–water partition coefficient (Wildman–Crippen LogP) is 1.93. The third kappa shape index (κ3) is 4.00. The van der Waals surface area contributed by atoms with Crippen LogP contribution in [0.25, 0.3) is 0 Å². The van der Waals surface area contributed by atoms with Crippen molar-refractivity contribution in [2.45, 2.75) is 43.8 Å². The van der Waals surface area contributed by atoms with Gasteiger partial charge in [-0.2, -0.15) is 0 Å². The largest absolute Gasteiger partial charge is 0.481 e. The highest BCUT2D eigenvalue weighted by Gasteiger charge is 2.28. The number of aliphatic carboxylic acids is 1. The maximum Gasteiger partial charge on any atom is 0.313 e. The van der Waals surface area contributed by atoms with Crippen molar-refractivity contribution in [2.24, 2.45) is 0 Å². The molecule has 8 heteroatoms. The van der Waals surface area contributed by atoms with E-state index in [1.54, 1.807) is 6.20 Å². The summed E-state index contributed by atoms with van der Waals surface area (Å²) in [6.07, 6.45) is 2.91. The molecule has 0 amide bonds. The number of hydrogen-bond donors (Lipinski definition) is 1. The van der Waals surface area contributed by atoms with Crippen molar-refractivity contribution in [1.29, 1.82) is 0 Å². The Balaban J connectivity index is 2.26. The van der Waals surface area contributed by atoms with Gasteiger partial charge in [0.05, 0.1) is 17.3 Å². The van der Waals surface area contributed by atoms with Crippen LogP contribution in [0.4, 0.5) is 0 Å². The number of carboxylic acids is 1. The molecule has 1 fully saturated rings. The number of aromatic nitrogens is 2. The van der Waals surface area contributed by atoms with Crippen LogP contribution >= 0.6 is 11.8 Å². The number of rotatable bonds is 5. The Bertz CT molecular complexity index is 608. The van der Waals surface area contributed by atoms with Crippen LogP contribution in [0.3, 0.4) is 0 Å². The zero-order valence-corrected chi connectivity index (χ0v) is 13.8. The monoisotopic (exact) mass is 332 g/mol. The first-order chi connectivity index (χ1) is 9.80. The van der Waals surface area contributed by atoms with Crippen LogP contribution in [0, 0.1) is 0 Å². The summed E-state index contributed by atoms with van der Waals surface area (Å²) in [6.45, 7) is 4.11. The lowest BCUT2D eigenvalue weighted by Gasteiger charge is -2.27. The number of thioether (sulfide) groups is 1. The van der Waals surface area contributed by atoms with E-state index < -0.39 is 15.8 Å². The highest BCUT2D eigenvalue weighted by Crippen LogP contribution is 2.33. The van der Waals surface area contributed by atoms with Gasteiger partial charge in [-0.05, 0) is 18.8 Å². The molecule has 1 aliphatic heterocycles. The Kier molecular flexibility index (Phi) is 4.98. The molecule has 0 atom stereocenters. The topological polar surface area (TPSA) is 89.3 Å². The van der Waals surface area contributed by atoms with Crippen LogP contribution in [-0.2, 0) is 14.6 Å². The van der Waals surface area contributed by atoms with Crippen molar-refractivity contribution in [2.75, 3.05) is 17.3 Å². The van der Waals surface area contributed by atoms with Crippen molar-refractivity contribution in [3.63, 3.8) is 0 Å². The zero-order chi connectivity index (χ0) is 15.6. The van der Waals surface area contributed by atoms with Crippen molar-refractivity contribution < 1.29 is 18.3 Å². The molecule has 0 bridgehead atoms. The van der Waals surface area contributed by atoms with Crippen LogP contribution in [-0.4, -0.2) is 46.3 Å². The fourth-order valence-corrected chi connectivity index (χ4v) is 4.76. The lowest BCUT2D eigenvalue weighted by molar-refractivity contribution is -0.133. The lowest BCUT2D eigenvalue weighted by atomic mass is 10.1. The Morgan fingerprint density at radius 1 is 1.48 bits per heavy atom. The summed E-state index contributed by atoms with van der Waals surface area (Å²) in [5.41, 5.74) is 1.03. The van der Waals surface area contributed by atoms with E-state index in [-0.39, 0.29) is 29.2 Å². The van der Waals surface area contributed by atoms with Gasteiger partial charge >= 0.3 is 5.97 Å². The summed E-state index contributed by atoms with van der Waals surface area (Å²) >= 11 is 1.19. The number of sulfone groups is 1. The Hall–Kier alpha value is -1.02. The first-order valence-corrected chi connectivity index (χ1v) is 9.73. The van der Waals surface area contributed by atoms with E-state index in [2.05, 4.69) is 18.8 Å². The molecule has 1 aromatic rings. The number of imidazole rings is 1. The summed E-state index contributed by atoms with van der Waals surface area (Å²) in [6, 6.07) is 0.0877. The molecule has 0 unspecified atom stereocenters. The second-order valence-electron chi connectivity index (χ2n) is 5.56. The molecule has 21 heavy (non-hydrogen) atoms. The van der Waals surface area contributed by atoms with Gasteiger partial charge in [0.15, 0.2) is 5.16 Å². The van der Waals surface area contributed by atoms with E-state index in [1.165, 1.54) is 11.8 Å². The minimum Gasteiger partial charge on any atom is -0.481 e. The smallest absolute Gasteiger partial charge is 0.313 e. The Labute approximate surface area is 128 Å². The fourth-order valence-electron chi connectivity index (χ4n) is 2.52. The number of nitrogens with zero attached hydrogens (tertiary/aromatic N) is 2. The summed E-state index contributed by atoms with van der Waals surface area (Å²) < 4.78 is 25.2.